The van der Waals surface area contributed by atoms with Gasteiger partial charge in [-0.15, -0.1) is 0 Å². The Morgan fingerprint density at radius 1 is 0.814 bits per heavy atom. The van der Waals surface area contributed by atoms with Gasteiger partial charge in [-0.3, -0.25) is 9.59 Å². The molecule has 7 nitrogen and oxygen atoms in total. The Kier molecular flexibility index (Phi) is 8.98. The lowest BCUT2D eigenvalue weighted by atomic mass is 9.33. The second-order valence-electron chi connectivity index (χ2n) is 20.7. The number of allylic oxidation sites excluding steroid dienone is 4. The fraction of sp³-hybridized carbons (Fsp3) is 0.500. The molecule has 5 aliphatic rings. The van der Waals surface area contributed by atoms with Crippen molar-refractivity contribution in [2.75, 3.05) is 0 Å². The largest absolute Gasteiger partial charge is 0.508 e. The van der Waals surface area contributed by atoms with Gasteiger partial charge in [0.15, 0.2) is 5.78 Å². The number of aromatic nitrogens is 1. The second kappa shape index (κ2) is 13.4. The fourth-order valence-electron chi connectivity index (χ4n) is 14.7. The average molecular weight is 796 g/mol. The molecule has 0 radical (unpaired) electrons. The van der Waals surface area contributed by atoms with Crippen LogP contribution in [0.25, 0.3) is 16.5 Å². The molecule has 4 fully saturated rings. The van der Waals surface area contributed by atoms with E-state index in [1.165, 1.54) is 11.6 Å². The number of H-pyrrole nitrogens is 1. The number of nitrogens with one attached hydrogen (secondary N) is 1. The molecule has 0 spiro atoms. The number of aromatic hydroxyl groups is 3. The number of hydrogen-bond acceptors (Lipinski definition) is 5. The maximum Gasteiger partial charge on any atom is 0.310 e. The number of carbonyl (C=O) groups is 2. The van der Waals surface area contributed by atoms with Gasteiger partial charge in [-0.2, -0.15) is 0 Å². The summed E-state index contributed by atoms with van der Waals surface area (Å²) in [7, 11) is 0. The lowest BCUT2D eigenvalue weighted by Gasteiger charge is -2.71. The predicted molar refractivity (Wildman–Crippen MR) is 232 cm³/mol. The van der Waals surface area contributed by atoms with Crippen LogP contribution in [0.3, 0.4) is 0 Å². The van der Waals surface area contributed by atoms with E-state index in [2.05, 4.69) is 59.5 Å². The van der Waals surface area contributed by atoms with Crippen LogP contribution in [0.5, 0.6) is 17.2 Å². The highest BCUT2D eigenvalue weighted by atomic mass is 16.4. The fourth-order valence-corrected chi connectivity index (χ4v) is 14.7. The number of fused-ring (bicyclic) bond motifs is 8. The van der Waals surface area contributed by atoms with Gasteiger partial charge in [0.1, 0.15) is 17.2 Å². The molecule has 4 aromatic rings. The van der Waals surface area contributed by atoms with E-state index in [1.54, 1.807) is 24.3 Å². The average Bonchev–Trinajstić information content (AvgIpc) is 3.61. The van der Waals surface area contributed by atoms with E-state index in [-0.39, 0.29) is 62.9 Å². The first-order chi connectivity index (χ1) is 27.9. The van der Waals surface area contributed by atoms with E-state index >= 15 is 4.79 Å². The number of benzene rings is 3. The quantitative estimate of drug-likeness (QED) is 0.101. The van der Waals surface area contributed by atoms with E-state index in [0.717, 1.165) is 55.0 Å². The normalized spacial score (nSPS) is 36.4. The summed E-state index contributed by atoms with van der Waals surface area (Å²) in [5, 5.41) is 46.0. The summed E-state index contributed by atoms with van der Waals surface area (Å²) >= 11 is 0. The van der Waals surface area contributed by atoms with Crippen LogP contribution in [-0.4, -0.2) is 37.2 Å². The minimum Gasteiger partial charge on any atom is -0.508 e. The number of hydrogen-bond donors (Lipinski definition) is 5. The van der Waals surface area contributed by atoms with E-state index in [4.69, 9.17) is 0 Å². The zero-order valence-corrected chi connectivity index (χ0v) is 35.7. The van der Waals surface area contributed by atoms with Crippen LogP contribution in [0, 0.1) is 56.7 Å². The first-order valence-corrected chi connectivity index (χ1v) is 22.0. The highest BCUT2D eigenvalue weighted by molar-refractivity contribution is 6.09. The smallest absolute Gasteiger partial charge is 0.310 e. The topological polar surface area (TPSA) is 131 Å². The molecule has 0 saturated heterocycles. The van der Waals surface area contributed by atoms with Gasteiger partial charge in [0.25, 0.3) is 0 Å². The number of carbonyl (C=O) groups excluding carboxylic acids is 1. The van der Waals surface area contributed by atoms with Crippen LogP contribution in [-0.2, 0) is 9.59 Å². The van der Waals surface area contributed by atoms with Crippen molar-refractivity contribution in [3.8, 4) is 17.2 Å². The highest BCUT2D eigenvalue weighted by Crippen LogP contribution is 2.76. The monoisotopic (exact) mass is 795 g/mol. The number of ketones is 1. The van der Waals surface area contributed by atoms with Gasteiger partial charge >= 0.3 is 5.97 Å². The Morgan fingerprint density at radius 2 is 1.54 bits per heavy atom. The van der Waals surface area contributed by atoms with E-state index in [1.807, 2.05) is 42.6 Å². The van der Waals surface area contributed by atoms with Crippen LogP contribution in [0.2, 0.25) is 0 Å². The third-order valence-corrected chi connectivity index (χ3v) is 18.0. The van der Waals surface area contributed by atoms with Crippen LogP contribution >= 0.6 is 0 Å². The molecule has 0 amide bonds. The van der Waals surface area contributed by atoms with E-state index in [0.29, 0.717) is 41.0 Å². The van der Waals surface area contributed by atoms with Gasteiger partial charge < -0.3 is 25.4 Å². The SMILES string of the molecule is C[C@H]1[C@H](C)CC[C@]2(C(=O)O)CC[C@]3(C)C(=CC[C@@H]4[C@@]5(C)C/C(=C(\c6ccc(O)cc6O)C(c6ccccc6O)c6c[nH]c7ccccc67)C(=O)C(C)(C)[C@@H]5CC[C@]43C)[C@H]12. The molecule has 310 valence electrons. The zero-order valence-electron chi connectivity index (χ0n) is 35.7. The minimum atomic E-state index is -0.756. The summed E-state index contributed by atoms with van der Waals surface area (Å²) in [6.45, 7) is 16.2. The summed E-state index contributed by atoms with van der Waals surface area (Å²) in [6.07, 6.45) is 10.8. The number of para-hydroxylation sites is 2. The summed E-state index contributed by atoms with van der Waals surface area (Å²) in [5.74, 6) is -0.323. The molecule has 0 aliphatic heterocycles. The van der Waals surface area contributed by atoms with Crippen molar-refractivity contribution in [1.29, 1.82) is 0 Å². The number of Topliss-reactive ketones (excluding diaryl/α,β-unsaturated/α-hetero) is 1. The first kappa shape index (κ1) is 39.7. The third-order valence-electron chi connectivity index (χ3n) is 18.0. The Morgan fingerprint density at radius 3 is 2.27 bits per heavy atom. The van der Waals surface area contributed by atoms with E-state index in [9.17, 15) is 25.2 Å². The molecule has 5 N–H and O–H groups in total. The molecule has 1 aromatic heterocycles. The predicted octanol–water partition coefficient (Wildman–Crippen LogP) is 11.8. The molecule has 9 rings (SSSR count). The van der Waals surface area contributed by atoms with Gasteiger partial charge in [-0.25, -0.2) is 0 Å². The van der Waals surface area contributed by atoms with Crippen molar-refractivity contribution in [1.82, 2.24) is 4.98 Å². The molecule has 7 heteroatoms. The number of aromatic amines is 1. The summed E-state index contributed by atoms with van der Waals surface area (Å²) in [6, 6.07) is 19.9. The maximum absolute atomic E-state index is 15.6. The van der Waals surface area contributed by atoms with Crippen molar-refractivity contribution < 1.29 is 30.0 Å². The Labute approximate surface area is 348 Å². The molecule has 5 aliphatic carbocycles. The Balaban J connectivity index is 1.28. The number of rotatable bonds is 5. The lowest BCUT2D eigenvalue weighted by molar-refractivity contribution is -0.186. The Bertz CT molecular complexity index is 2450. The number of carboxylic acid groups (broad SMARTS) is 1. The minimum absolute atomic E-state index is 0.00481. The standard InChI is InChI=1S/C52H61NO6/c1-29-20-23-52(47(58)59)25-24-50(6)37(45(52)30(29)2)18-19-42-49(5)27-35(46(57)48(3,4)41(49)21-22-51(42,50)7)43(34-17-16-31(54)26-40(34)56)44(33-13-9-11-15-39(33)55)36-28-53-38-14-10-8-12-32(36)38/h8-18,26,28-30,41-42,44-45,53-56H,19-25,27H2,1-7H3,(H,58,59)/b43-35-/t29-,30+,41+,42-,44?,45+,49+,50-,51-,52+/m1/s1. The number of carboxylic acids is 1. The highest BCUT2D eigenvalue weighted by Gasteiger charge is 2.70. The molecule has 10 atom stereocenters. The maximum atomic E-state index is 15.6. The number of aliphatic carboxylic acids is 1. The van der Waals surface area contributed by atoms with Gasteiger partial charge in [0.2, 0.25) is 0 Å². The lowest BCUT2D eigenvalue weighted by Crippen LogP contribution is -2.65. The van der Waals surface area contributed by atoms with Gasteiger partial charge in [-0.05, 0) is 133 Å². The van der Waals surface area contributed by atoms with Crippen molar-refractivity contribution >= 4 is 28.2 Å². The second-order valence-corrected chi connectivity index (χ2v) is 20.7. The number of phenols is 3. The Hall–Kier alpha value is -4.78. The van der Waals surface area contributed by atoms with Crippen molar-refractivity contribution in [3.05, 3.63) is 107 Å². The molecule has 1 unspecified atom stereocenters. The van der Waals surface area contributed by atoms with Crippen molar-refractivity contribution in [2.24, 2.45) is 56.7 Å². The van der Waals surface area contributed by atoms with E-state index < -0.39 is 22.7 Å². The molecular weight excluding hydrogens is 735 g/mol. The zero-order chi connectivity index (χ0) is 42.0. The van der Waals surface area contributed by atoms with Crippen molar-refractivity contribution in [2.45, 2.75) is 106 Å². The molecule has 59 heavy (non-hydrogen) atoms. The van der Waals surface area contributed by atoms with Crippen molar-refractivity contribution in [3.63, 3.8) is 0 Å². The molecule has 4 saturated carbocycles. The van der Waals surface area contributed by atoms with Crippen LogP contribution in [0.15, 0.2) is 90.1 Å². The van der Waals surface area contributed by atoms with Gasteiger partial charge in [0.05, 0.1) is 5.41 Å². The summed E-state index contributed by atoms with van der Waals surface area (Å²) in [5.41, 5.74) is 3.37. The molecule has 1 heterocycles. The molecular formula is C52H61NO6. The summed E-state index contributed by atoms with van der Waals surface area (Å²) < 4.78 is 0. The third kappa shape index (κ3) is 5.37. The van der Waals surface area contributed by atoms with Crippen LogP contribution in [0.1, 0.15) is 122 Å². The number of phenolic OH excluding ortho intramolecular Hbond substituents is 3. The van der Waals surface area contributed by atoms with Crippen LogP contribution < -0.4 is 0 Å². The first-order valence-electron chi connectivity index (χ1n) is 22.0. The molecule has 0 bridgehead atoms. The van der Waals surface area contributed by atoms with Gasteiger partial charge in [0, 0.05) is 51.2 Å². The van der Waals surface area contributed by atoms with Crippen LogP contribution in [0.4, 0.5) is 0 Å². The summed E-state index contributed by atoms with van der Waals surface area (Å²) in [4.78, 5) is 32.4. The molecule has 3 aromatic carbocycles. The van der Waals surface area contributed by atoms with Gasteiger partial charge in [-0.1, -0.05) is 96.5 Å².